The molecule has 1 aromatic heterocycles. The summed E-state index contributed by atoms with van der Waals surface area (Å²) in [6.07, 6.45) is -0.201. The molecule has 2 aromatic carbocycles. The summed E-state index contributed by atoms with van der Waals surface area (Å²) < 4.78 is 39.0. The van der Waals surface area contributed by atoms with E-state index in [4.69, 9.17) is 0 Å². The summed E-state index contributed by atoms with van der Waals surface area (Å²) in [4.78, 5) is 17.3. The minimum atomic E-state index is -4.28. The summed E-state index contributed by atoms with van der Waals surface area (Å²) in [5, 5.41) is 14.2. The largest absolute Gasteiger partial charge is 0.390 e. The molecule has 2 aliphatic carbocycles. The molecule has 3 atom stereocenters. The van der Waals surface area contributed by atoms with E-state index in [0.717, 1.165) is 36.1 Å². The Morgan fingerprint density at radius 3 is 2.64 bits per heavy atom. The van der Waals surface area contributed by atoms with Gasteiger partial charge in [-0.25, -0.2) is 0 Å². The number of halogens is 3. The topological polar surface area (TPSA) is 62.2 Å². The number of amides is 1. The van der Waals surface area contributed by atoms with Crippen molar-refractivity contribution in [2.75, 3.05) is 0 Å². The number of alkyl halides is 3. The Hall–Kier alpha value is -3.19. The molecule has 5 rings (SSSR count). The van der Waals surface area contributed by atoms with Gasteiger partial charge in [0.2, 0.25) is 0 Å². The maximum Gasteiger partial charge on any atom is 0.389 e. The number of nitrogens with zero attached hydrogens (tertiary/aromatic N) is 1. The molecule has 1 heterocycles. The lowest BCUT2D eigenvalue weighted by atomic mass is 9.52. The monoisotopic (exact) mass is 536 g/mol. The molecule has 0 radical (unpaired) electrons. The quantitative estimate of drug-likeness (QED) is 0.357. The lowest BCUT2D eigenvalue weighted by Gasteiger charge is -2.53. The van der Waals surface area contributed by atoms with E-state index < -0.39 is 18.2 Å². The van der Waals surface area contributed by atoms with Crippen LogP contribution < -0.4 is 5.32 Å². The molecular weight excluding hydrogens is 501 g/mol. The standard InChI is InChI=1S/C32H35F3N2O2/c1-22-26(8-5-17-36-22)21-37-29(38)25-10-12-28-24(18-25)9-11-27-20-30(39,14-16-32(33,34)35)13-15-31(27,28)19-23-6-3-2-4-7-23/h2-8,10,12,17-18,27,39H,9,11,13-16,19-21H2,1H3,(H,37,38)/t27-,30+,31+/m1/s1. The molecule has 1 amide bonds. The van der Waals surface area contributed by atoms with Gasteiger partial charge in [0.15, 0.2) is 0 Å². The Kier molecular flexibility index (Phi) is 7.55. The molecule has 0 spiro atoms. The van der Waals surface area contributed by atoms with Crippen molar-refractivity contribution in [1.82, 2.24) is 10.3 Å². The molecule has 39 heavy (non-hydrogen) atoms. The van der Waals surface area contributed by atoms with E-state index in [1.54, 1.807) is 6.20 Å². The summed E-state index contributed by atoms with van der Waals surface area (Å²) >= 11 is 0. The smallest absolute Gasteiger partial charge is 0.389 e. The number of nitrogens with one attached hydrogen (secondary N) is 1. The predicted molar refractivity (Wildman–Crippen MR) is 144 cm³/mol. The first kappa shape index (κ1) is 27.4. The lowest BCUT2D eigenvalue weighted by Crippen LogP contribution is -2.51. The number of aromatic nitrogens is 1. The van der Waals surface area contributed by atoms with Crippen LogP contribution in [0.3, 0.4) is 0 Å². The summed E-state index contributed by atoms with van der Waals surface area (Å²) in [7, 11) is 0. The molecule has 0 aliphatic heterocycles. The Morgan fingerprint density at radius 1 is 1.10 bits per heavy atom. The average Bonchev–Trinajstić information content (AvgIpc) is 2.92. The van der Waals surface area contributed by atoms with Crippen molar-refractivity contribution in [2.24, 2.45) is 5.92 Å². The van der Waals surface area contributed by atoms with Crippen molar-refractivity contribution in [3.05, 3.63) is 100 Å². The van der Waals surface area contributed by atoms with E-state index >= 15 is 0 Å². The summed E-state index contributed by atoms with van der Waals surface area (Å²) in [6.45, 7) is 2.31. The molecular formula is C32H35F3N2O2. The highest BCUT2D eigenvalue weighted by Crippen LogP contribution is 2.55. The molecule has 1 fully saturated rings. The van der Waals surface area contributed by atoms with E-state index in [-0.39, 0.29) is 23.7 Å². The van der Waals surface area contributed by atoms with Crippen molar-refractivity contribution >= 4 is 5.91 Å². The number of hydrogen-bond donors (Lipinski definition) is 2. The number of hydrogen-bond acceptors (Lipinski definition) is 3. The predicted octanol–water partition coefficient (Wildman–Crippen LogP) is 6.62. The van der Waals surface area contributed by atoms with Crippen molar-refractivity contribution in [3.8, 4) is 0 Å². The van der Waals surface area contributed by atoms with Gasteiger partial charge in [-0.05, 0) is 98.2 Å². The van der Waals surface area contributed by atoms with Crippen LogP contribution in [0.2, 0.25) is 0 Å². The fraction of sp³-hybridized carbons (Fsp3) is 0.438. The van der Waals surface area contributed by atoms with Crippen molar-refractivity contribution < 1.29 is 23.1 Å². The first-order valence-corrected chi connectivity index (χ1v) is 13.7. The first-order chi connectivity index (χ1) is 18.6. The minimum Gasteiger partial charge on any atom is -0.390 e. The highest BCUT2D eigenvalue weighted by Gasteiger charge is 2.52. The average molecular weight is 537 g/mol. The lowest BCUT2D eigenvalue weighted by molar-refractivity contribution is -0.153. The zero-order valence-corrected chi connectivity index (χ0v) is 22.2. The second-order valence-corrected chi connectivity index (χ2v) is 11.4. The van der Waals surface area contributed by atoms with Gasteiger partial charge in [0.05, 0.1) is 5.60 Å². The van der Waals surface area contributed by atoms with Crippen LogP contribution in [0.1, 0.15) is 76.8 Å². The van der Waals surface area contributed by atoms with Gasteiger partial charge in [-0.3, -0.25) is 9.78 Å². The Balaban J connectivity index is 1.41. The van der Waals surface area contributed by atoms with Gasteiger partial charge < -0.3 is 10.4 Å². The van der Waals surface area contributed by atoms with E-state index in [1.165, 1.54) is 11.1 Å². The van der Waals surface area contributed by atoms with Crippen molar-refractivity contribution in [1.29, 1.82) is 0 Å². The van der Waals surface area contributed by atoms with Gasteiger partial charge in [0.1, 0.15) is 0 Å². The third-order valence-electron chi connectivity index (χ3n) is 8.90. The van der Waals surface area contributed by atoms with Crippen molar-refractivity contribution in [3.63, 3.8) is 0 Å². The van der Waals surface area contributed by atoms with Crippen LogP contribution in [-0.2, 0) is 24.8 Å². The normalized spacial score (nSPS) is 24.5. The van der Waals surface area contributed by atoms with Gasteiger partial charge in [-0.1, -0.05) is 42.5 Å². The first-order valence-electron chi connectivity index (χ1n) is 13.7. The molecule has 2 N–H and O–H groups in total. The van der Waals surface area contributed by atoms with Crippen LogP contribution >= 0.6 is 0 Å². The summed E-state index contributed by atoms with van der Waals surface area (Å²) in [6, 6.07) is 19.9. The summed E-state index contributed by atoms with van der Waals surface area (Å²) in [5.74, 6) is -0.0871. The van der Waals surface area contributed by atoms with Crippen LogP contribution in [0.25, 0.3) is 0 Å². The number of fused-ring (bicyclic) bond motifs is 3. The molecule has 206 valence electrons. The van der Waals surface area contributed by atoms with Gasteiger partial charge in [-0.15, -0.1) is 0 Å². The Morgan fingerprint density at radius 2 is 1.90 bits per heavy atom. The molecule has 0 bridgehead atoms. The van der Waals surface area contributed by atoms with Crippen LogP contribution in [0.15, 0.2) is 66.9 Å². The Labute approximate surface area is 227 Å². The molecule has 4 nitrogen and oxygen atoms in total. The fourth-order valence-electron chi connectivity index (χ4n) is 6.78. The zero-order chi connectivity index (χ0) is 27.7. The third-order valence-corrected chi connectivity index (χ3v) is 8.90. The maximum absolute atomic E-state index is 13.1. The van der Waals surface area contributed by atoms with Gasteiger partial charge in [0.25, 0.3) is 5.91 Å². The molecule has 7 heteroatoms. The number of carbonyl (C=O) groups is 1. The highest BCUT2D eigenvalue weighted by molar-refractivity contribution is 5.94. The molecule has 2 aliphatic rings. The maximum atomic E-state index is 13.1. The van der Waals surface area contributed by atoms with Crippen LogP contribution in [-0.4, -0.2) is 27.8 Å². The van der Waals surface area contributed by atoms with Gasteiger partial charge >= 0.3 is 6.18 Å². The number of aryl methyl sites for hydroxylation is 2. The van der Waals surface area contributed by atoms with Crippen LogP contribution in [0, 0.1) is 12.8 Å². The summed E-state index contributed by atoms with van der Waals surface area (Å²) in [5.41, 5.74) is 4.31. The second kappa shape index (κ2) is 10.8. The fourth-order valence-corrected chi connectivity index (χ4v) is 6.78. The molecule has 3 aromatic rings. The Bertz CT molecular complexity index is 1330. The van der Waals surface area contributed by atoms with E-state index in [1.807, 2.05) is 49.4 Å². The number of carbonyl (C=O) groups excluding carboxylic acids is 1. The highest BCUT2D eigenvalue weighted by atomic mass is 19.4. The molecule has 0 unspecified atom stereocenters. The molecule has 1 saturated carbocycles. The minimum absolute atomic E-state index is 0.0606. The second-order valence-electron chi connectivity index (χ2n) is 11.4. The molecule has 0 saturated heterocycles. The number of pyridine rings is 1. The third kappa shape index (κ3) is 6.03. The van der Waals surface area contributed by atoms with E-state index in [9.17, 15) is 23.1 Å². The van der Waals surface area contributed by atoms with Crippen LogP contribution in [0.4, 0.5) is 13.2 Å². The van der Waals surface area contributed by atoms with Gasteiger partial charge in [-0.2, -0.15) is 13.2 Å². The van der Waals surface area contributed by atoms with Crippen LogP contribution in [0.5, 0.6) is 0 Å². The number of aliphatic hydroxyl groups is 1. The zero-order valence-electron chi connectivity index (χ0n) is 22.2. The van der Waals surface area contributed by atoms with E-state index in [2.05, 4.69) is 28.5 Å². The number of rotatable bonds is 7. The van der Waals surface area contributed by atoms with Crippen molar-refractivity contribution in [2.45, 2.75) is 82.0 Å². The van der Waals surface area contributed by atoms with Gasteiger partial charge in [0, 0.05) is 35.8 Å². The SMILES string of the molecule is Cc1ncccc1CNC(=O)c1ccc2c(c1)CC[C@@H]1C[C@@](O)(CCC(F)(F)F)CC[C@@]21Cc1ccccc1. The number of benzene rings is 2. The van der Waals surface area contributed by atoms with E-state index in [0.29, 0.717) is 31.4 Å².